The molecule has 0 amide bonds. The Kier molecular flexibility index (Phi) is 6.34. The Bertz CT molecular complexity index is 1160. The van der Waals surface area contributed by atoms with Gasteiger partial charge in [-0.1, -0.05) is 52.3 Å². The monoisotopic (exact) mass is 479 g/mol. The van der Waals surface area contributed by atoms with Crippen LogP contribution in [0.4, 0.5) is 0 Å². The first kappa shape index (κ1) is 20.7. The third-order valence-electron chi connectivity index (χ3n) is 4.10. The molecule has 0 fully saturated rings. The molecule has 0 aliphatic rings. The van der Waals surface area contributed by atoms with Gasteiger partial charge in [0, 0.05) is 11.0 Å². The van der Waals surface area contributed by atoms with E-state index in [-0.39, 0.29) is 21.2 Å². The van der Waals surface area contributed by atoms with E-state index >= 15 is 0 Å². The zero-order valence-corrected chi connectivity index (χ0v) is 18.0. The zero-order chi connectivity index (χ0) is 20.2. The molecule has 3 aromatic carbocycles. The lowest BCUT2D eigenvalue weighted by Gasteiger charge is -2.09. The molecule has 0 aliphatic heterocycles. The molecule has 0 spiro atoms. The van der Waals surface area contributed by atoms with Crippen LogP contribution in [0.15, 0.2) is 98.0 Å². The molecule has 0 aromatic heterocycles. The highest BCUT2D eigenvalue weighted by atomic mass is 79.9. The van der Waals surface area contributed by atoms with Crippen LogP contribution in [0, 0.1) is 0 Å². The average molecular weight is 480 g/mol. The van der Waals surface area contributed by atoms with Crippen molar-refractivity contribution in [2.75, 3.05) is 6.54 Å². The van der Waals surface area contributed by atoms with E-state index in [0.717, 1.165) is 10.0 Å². The summed E-state index contributed by atoms with van der Waals surface area (Å²) >= 11 is 3.35. The van der Waals surface area contributed by atoms with Crippen molar-refractivity contribution in [2.24, 2.45) is 0 Å². The first-order valence-corrected chi connectivity index (χ1v) is 12.2. The lowest BCUT2D eigenvalue weighted by molar-refractivity contribution is 0.581. The van der Waals surface area contributed by atoms with E-state index in [9.17, 15) is 16.8 Å². The first-order valence-electron chi connectivity index (χ1n) is 8.43. The van der Waals surface area contributed by atoms with Gasteiger partial charge in [-0.25, -0.2) is 21.6 Å². The van der Waals surface area contributed by atoms with Gasteiger partial charge in [0.2, 0.25) is 19.9 Å². The second kappa shape index (κ2) is 8.57. The third-order valence-corrected chi connectivity index (χ3v) is 7.85. The molecule has 3 rings (SSSR count). The minimum absolute atomic E-state index is 0.0607. The van der Waals surface area contributed by atoms with Crippen molar-refractivity contribution < 1.29 is 16.8 Å². The molecule has 0 unspecified atom stereocenters. The summed E-state index contributed by atoms with van der Waals surface area (Å²) in [7, 11) is -7.61. The molecule has 0 bridgehead atoms. The summed E-state index contributed by atoms with van der Waals surface area (Å²) in [6.07, 6.45) is 0.522. The summed E-state index contributed by atoms with van der Waals surface area (Å²) in [5.41, 5.74) is 0.992. The van der Waals surface area contributed by atoms with E-state index < -0.39 is 19.9 Å². The van der Waals surface area contributed by atoms with Crippen LogP contribution in [0.1, 0.15) is 5.56 Å². The van der Waals surface area contributed by atoms with Crippen molar-refractivity contribution in [3.05, 3.63) is 88.9 Å². The van der Waals surface area contributed by atoms with Crippen LogP contribution in [-0.2, 0) is 26.3 Å². The highest BCUT2D eigenvalue weighted by Crippen LogP contribution is 2.23. The Morgan fingerprint density at radius 2 is 1.32 bits per heavy atom. The van der Waals surface area contributed by atoms with Crippen LogP contribution in [-0.4, -0.2) is 23.4 Å². The fraction of sp³-hybridized carbons (Fsp3) is 0.100. The van der Waals surface area contributed by atoms with Crippen molar-refractivity contribution in [3.63, 3.8) is 0 Å². The van der Waals surface area contributed by atoms with Gasteiger partial charge >= 0.3 is 0 Å². The Hall–Kier alpha value is -2.00. The lowest BCUT2D eigenvalue weighted by Crippen LogP contribution is -2.26. The molecule has 0 radical (unpaired) electrons. The molecular formula is C20H18BrNO4S2. The second-order valence-electron chi connectivity index (χ2n) is 6.07. The van der Waals surface area contributed by atoms with Gasteiger partial charge in [0.25, 0.3) is 0 Å². The standard InChI is InChI=1S/C20H18BrNO4S2/c21-17-11-9-16(10-12-17)13-14-22-28(25,26)20-8-4-7-19(15-20)27(23,24)18-5-2-1-3-6-18/h1-12,15,22H,13-14H2. The largest absolute Gasteiger partial charge is 0.240 e. The number of hydrogen-bond acceptors (Lipinski definition) is 4. The smallest absolute Gasteiger partial charge is 0.219 e. The van der Waals surface area contributed by atoms with Crippen LogP contribution in [0.5, 0.6) is 0 Å². The average Bonchev–Trinajstić information content (AvgIpc) is 2.70. The van der Waals surface area contributed by atoms with Gasteiger partial charge in [-0.2, -0.15) is 0 Å². The highest BCUT2D eigenvalue weighted by Gasteiger charge is 2.21. The fourth-order valence-electron chi connectivity index (χ4n) is 2.61. The lowest BCUT2D eigenvalue weighted by atomic mass is 10.2. The predicted octanol–water partition coefficient (Wildman–Crippen LogP) is 3.80. The van der Waals surface area contributed by atoms with Gasteiger partial charge in [0.05, 0.1) is 14.7 Å². The summed E-state index contributed by atoms with van der Waals surface area (Å²) in [6, 6.07) is 20.9. The number of hydrogen-bond donors (Lipinski definition) is 1. The van der Waals surface area contributed by atoms with E-state index in [4.69, 9.17) is 0 Å². The molecule has 0 atom stereocenters. The predicted molar refractivity (Wildman–Crippen MR) is 111 cm³/mol. The van der Waals surface area contributed by atoms with Gasteiger partial charge in [-0.3, -0.25) is 0 Å². The Morgan fingerprint density at radius 3 is 2.00 bits per heavy atom. The third kappa shape index (κ3) is 4.88. The van der Waals surface area contributed by atoms with Crippen LogP contribution in [0.25, 0.3) is 0 Å². The van der Waals surface area contributed by atoms with Crippen molar-refractivity contribution in [1.82, 2.24) is 4.72 Å². The number of halogens is 1. The summed E-state index contributed by atoms with van der Waals surface area (Å²) in [6.45, 7) is 0.208. The van der Waals surface area contributed by atoms with Gasteiger partial charge in [0.1, 0.15) is 0 Å². The van der Waals surface area contributed by atoms with Gasteiger partial charge in [0.15, 0.2) is 0 Å². The second-order valence-corrected chi connectivity index (χ2v) is 10.7. The van der Waals surface area contributed by atoms with Gasteiger partial charge < -0.3 is 0 Å². The molecule has 3 aromatic rings. The summed E-state index contributed by atoms with van der Waals surface area (Å²) in [4.78, 5) is -0.0254. The number of benzene rings is 3. The summed E-state index contributed by atoms with van der Waals surface area (Å²) in [5, 5.41) is 0. The van der Waals surface area contributed by atoms with E-state index in [0.29, 0.717) is 6.42 Å². The van der Waals surface area contributed by atoms with Gasteiger partial charge in [-0.15, -0.1) is 0 Å². The van der Waals surface area contributed by atoms with Crippen LogP contribution >= 0.6 is 15.9 Å². The summed E-state index contributed by atoms with van der Waals surface area (Å²) in [5.74, 6) is 0. The molecule has 0 saturated heterocycles. The van der Waals surface area contributed by atoms with E-state index in [1.165, 1.54) is 36.4 Å². The highest BCUT2D eigenvalue weighted by molar-refractivity contribution is 9.10. The zero-order valence-electron chi connectivity index (χ0n) is 14.7. The molecule has 8 heteroatoms. The SMILES string of the molecule is O=S(=O)(NCCc1ccc(Br)cc1)c1cccc(S(=O)(=O)c2ccccc2)c1. The van der Waals surface area contributed by atoms with E-state index in [1.54, 1.807) is 18.2 Å². The summed E-state index contributed by atoms with van der Waals surface area (Å²) < 4.78 is 54.1. The van der Waals surface area contributed by atoms with E-state index in [1.807, 2.05) is 24.3 Å². The molecular weight excluding hydrogens is 462 g/mol. The molecule has 0 heterocycles. The van der Waals surface area contributed by atoms with E-state index in [2.05, 4.69) is 20.7 Å². The molecule has 5 nitrogen and oxygen atoms in total. The van der Waals surface area contributed by atoms with Crippen molar-refractivity contribution in [1.29, 1.82) is 0 Å². The maximum atomic E-state index is 12.7. The molecule has 146 valence electrons. The fourth-order valence-corrected chi connectivity index (χ4v) is 5.35. The van der Waals surface area contributed by atoms with Crippen molar-refractivity contribution >= 4 is 35.8 Å². The molecule has 0 aliphatic carbocycles. The topological polar surface area (TPSA) is 80.3 Å². The maximum Gasteiger partial charge on any atom is 0.240 e. The Balaban J connectivity index is 1.77. The normalized spacial score (nSPS) is 12.0. The van der Waals surface area contributed by atoms with Gasteiger partial charge in [-0.05, 0) is 54.4 Å². The van der Waals surface area contributed by atoms with Crippen LogP contribution in [0.2, 0.25) is 0 Å². The molecule has 28 heavy (non-hydrogen) atoms. The number of rotatable bonds is 7. The van der Waals surface area contributed by atoms with Crippen molar-refractivity contribution in [2.45, 2.75) is 21.1 Å². The Morgan fingerprint density at radius 1 is 0.714 bits per heavy atom. The van der Waals surface area contributed by atoms with Crippen LogP contribution in [0.3, 0.4) is 0 Å². The molecule has 0 saturated carbocycles. The quantitative estimate of drug-likeness (QED) is 0.558. The first-order chi connectivity index (χ1) is 13.3. The van der Waals surface area contributed by atoms with Crippen molar-refractivity contribution in [3.8, 4) is 0 Å². The molecule has 1 N–H and O–H groups in total. The maximum absolute atomic E-state index is 12.7. The minimum atomic E-state index is -3.83. The minimum Gasteiger partial charge on any atom is -0.219 e. The van der Waals surface area contributed by atoms with Crippen LogP contribution < -0.4 is 4.72 Å². The number of nitrogens with one attached hydrogen (secondary N) is 1. The number of sulfonamides is 1. The Labute approximate surface area is 173 Å². The number of sulfone groups is 1.